The van der Waals surface area contributed by atoms with E-state index in [0.29, 0.717) is 11.3 Å². The van der Waals surface area contributed by atoms with Gasteiger partial charge in [0.1, 0.15) is 0 Å². The summed E-state index contributed by atoms with van der Waals surface area (Å²) in [6.45, 7) is 4.81. The maximum atomic E-state index is 8.97. The summed E-state index contributed by atoms with van der Waals surface area (Å²) in [4.78, 5) is 0. The summed E-state index contributed by atoms with van der Waals surface area (Å²) in [5.74, 6) is 1.65. The molecule has 2 unspecified atom stereocenters. The summed E-state index contributed by atoms with van der Waals surface area (Å²) in [6, 6.07) is 0. The minimum atomic E-state index is 0.199. The smallest absolute Gasteiger partial charge is 0.0615 e. The monoisotopic (exact) mass is 228 g/mol. The molecule has 0 amide bonds. The van der Waals surface area contributed by atoms with Gasteiger partial charge in [0.15, 0.2) is 0 Å². The van der Waals surface area contributed by atoms with Gasteiger partial charge in [0.05, 0.1) is 6.61 Å². The molecule has 1 saturated carbocycles. The molecule has 0 saturated heterocycles. The van der Waals surface area contributed by atoms with Crippen molar-refractivity contribution in [2.75, 3.05) is 12.4 Å². The number of aliphatic hydroxyl groups excluding tert-OH is 1. The predicted molar refractivity (Wildman–Crippen MR) is 69.4 cm³/mol. The quantitative estimate of drug-likeness (QED) is 0.558. The van der Waals surface area contributed by atoms with Crippen LogP contribution in [0.3, 0.4) is 0 Å². The Labute approximate surface area is 99.4 Å². The van der Waals surface area contributed by atoms with Gasteiger partial charge in [-0.05, 0) is 49.2 Å². The van der Waals surface area contributed by atoms with Crippen molar-refractivity contribution in [1.29, 1.82) is 0 Å². The highest BCUT2D eigenvalue weighted by molar-refractivity contribution is 7.80. The lowest BCUT2D eigenvalue weighted by Gasteiger charge is -2.42. The van der Waals surface area contributed by atoms with Gasteiger partial charge in [0.25, 0.3) is 0 Å². The highest BCUT2D eigenvalue weighted by Crippen LogP contribution is 2.47. The van der Waals surface area contributed by atoms with E-state index < -0.39 is 0 Å². The van der Waals surface area contributed by atoms with E-state index in [-0.39, 0.29) is 6.61 Å². The van der Waals surface area contributed by atoms with E-state index >= 15 is 0 Å². The molecular weight excluding hydrogens is 204 g/mol. The predicted octanol–water partition coefficient (Wildman–Crippen LogP) is 3.44. The molecule has 0 bridgehead atoms. The Morgan fingerprint density at radius 3 is 2.87 bits per heavy atom. The minimum Gasteiger partial charge on any atom is -0.392 e. The lowest BCUT2D eigenvalue weighted by molar-refractivity contribution is 0.141. The molecule has 0 aromatic heterocycles. The zero-order valence-electron chi connectivity index (χ0n) is 10.00. The van der Waals surface area contributed by atoms with Crippen molar-refractivity contribution in [1.82, 2.24) is 0 Å². The molecule has 0 aromatic carbocycles. The molecule has 2 atom stereocenters. The van der Waals surface area contributed by atoms with Gasteiger partial charge in [-0.3, -0.25) is 0 Å². The van der Waals surface area contributed by atoms with Crippen LogP contribution in [0.4, 0.5) is 0 Å². The summed E-state index contributed by atoms with van der Waals surface area (Å²) in [7, 11) is 0. The number of allylic oxidation sites excluding steroid dienone is 1. The van der Waals surface area contributed by atoms with Crippen molar-refractivity contribution >= 4 is 12.6 Å². The van der Waals surface area contributed by atoms with Gasteiger partial charge in [-0.25, -0.2) is 0 Å². The summed E-state index contributed by atoms with van der Waals surface area (Å²) >= 11 is 4.45. The number of hydrogen-bond acceptors (Lipinski definition) is 2. The Morgan fingerprint density at radius 2 is 2.33 bits per heavy atom. The number of rotatable bonds is 4. The van der Waals surface area contributed by atoms with Crippen molar-refractivity contribution in [2.24, 2.45) is 11.3 Å². The molecule has 1 nitrogen and oxygen atoms in total. The highest BCUT2D eigenvalue weighted by Gasteiger charge is 2.36. The number of hydrogen-bond donors (Lipinski definition) is 2. The van der Waals surface area contributed by atoms with Crippen LogP contribution in [0, 0.1) is 11.3 Å². The normalized spacial score (nSPS) is 31.9. The van der Waals surface area contributed by atoms with Crippen LogP contribution in [0.25, 0.3) is 0 Å². The summed E-state index contributed by atoms with van der Waals surface area (Å²) < 4.78 is 0. The van der Waals surface area contributed by atoms with Gasteiger partial charge < -0.3 is 5.11 Å². The Hall–Kier alpha value is 0.0500. The molecule has 0 aromatic rings. The van der Waals surface area contributed by atoms with Crippen molar-refractivity contribution in [3.05, 3.63) is 11.6 Å². The van der Waals surface area contributed by atoms with Crippen LogP contribution < -0.4 is 0 Å². The summed E-state index contributed by atoms with van der Waals surface area (Å²) in [5, 5.41) is 8.97. The molecular formula is C13H24OS. The van der Waals surface area contributed by atoms with Crippen LogP contribution in [0.2, 0.25) is 0 Å². The van der Waals surface area contributed by atoms with Crippen molar-refractivity contribution in [3.8, 4) is 0 Å². The first-order chi connectivity index (χ1) is 7.18. The molecule has 1 N–H and O–H groups in total. The maximum Gasteiger partial charge on any atom is 0.0615 e. The number of thiol groups is 1. The Kier molecular flexibility index (Phi) is 5.20. The van der Waals surface area contributed by atoms with E-state index in [0.717, 1.165) is 5.75 Å². The Morgan fingerprint density at radius 1 is 1.60 bits per heavy atom. The van der Waals surface area contributed by atoms with Gasteiger partial charge in [-0.2, -0.15) is 12.6 Å². The Balaban J connectivity index is 2.76. The van der Waals surface area contributed by atoms with Gasteiger partial charge in [-0.1, -0.05) is 25.5 Å². The Bertz CT molecular complexity index is 225. The van der Waals surface area contributed by atoms with Crippen LogP contribution in [0.15, 0.2) is 11.6 Å². The molecule has 0 radical (unpaired) electrons. The molecule has 0 aliphatic heterocycles. The fraction of sp³-hybridized carbons (Fsp3) is 0.846. The fourth-order valence-electron chi connectivity index (χ4n) is 2.86. The lowest BCUT2D eigenvalue weighted by Crippen LogP contribution is -2.32. The van der Waals surface area contributed by atoms with E-state index in [1.165, 1.54) is 37.7 Å². The molecule has 1 fully saturated rings. The van der Waals surface area contributed by atoms with E-state index in [1.807, 2.05) is 6.08 Å². The molecule has 0 spiro atoms. The van der Waals surface area contributed by atoms with E-state index in [1.54, 1.807) is 0 Å². The average molecular weight is 228 g/mol. The van der Waals surface area contributed by atoms with Gasteiger partial charge in [0.2, 0.25) is 0 Å². The van der Waals surface area contributed by atoms with E-state index in [9.17, 15) is 0 Å². The van der Waals surface area contributed by atoms with Crippen LogP contribution in [0.1, 0.15) is 46.0 Å². The SMILES string of the molecule is CCC1(C(C)CS)CCC/C(=C\CO)C1. The first kappa shape index (κ1) is 13.1. The summed E-state index contributed by atoms with van der Waals surface area (Å²) in [5.41, 5.74) is 1.90. The van der Waals surface area contributed by atoms with Gasteiger partial charge >= 0.3 is 0 Å². The third-order valence-corrected chi connectivity index (χ3v) is 4.70. The zero-order chi connectivity index (χ0) is 11.3. The largest absolute Gasteiger partial charge is 0.392 e. The first-order valence-electron chi connectivity index (χ1n) is 6.08. The zero-order valence-corrected chi connectivity index (χ0v) is 10.9. The van der Waals surface area contributed by atoms with Crippen molar-refractivity contribution in [2.45, 2.75) is 46.0 Å². The summed E-state index contributed by atoms with van der Waals surface area (Å²) in [6.07, 6.45) is 8.20. The van der Waals surface area contributed by atoms with Gasteiger partial charge in [0, 0.05) is 0 Å². The fourth-order valence-corrected chi connectivity index (χ4v) is 3.25. The molecule has 1 aliphatic carbocycles. The van der Waals surface area contributed by atoms with Gasteiger partial charge in [-0.15, -0.1) is 0 Å². The molecule has 0 heterocycles. The second kappa shape index (κ2) is 5.95. The van der Waals surface area contributed by atoms with Crippen LogP contribution in [-0.2, 0) is 0 Å². The van der Waals surface area contributed by atoms with Crippen molar-refractivity contribution < 1.29 is 5.11 Å². The first-order valence-corrected chi connectivity index (χ1v) is 6.71. The molecule has 1 aliphatic rings. The highest BCUT2D eigenvalue weighted by atomic mass is 32.1. The lowest BCUT2D eigenvalue weighted by atomic mass is 9.64. The second-order valence-corrected chi connectivity index (χ2v) is 5.24. The third kappa shape index (κ3) is 3.01. The minimum absolute atomic E-state index is 0.199. The van der Waals surface area contributed by atoms with E-state index in [2.05, 4.69) is 26.5 Å². The maximum absolute atomic E-state index is 8.97. The van der Waals surface area contributed by atoms with Crippen LogP contribution in [0.5, 0.6) is 0 Å². The molecule has 15 heavy (non-hydrogen) atoms. The standard InChI is InChI=1S/C13H24OS/c1-3-13(11(2)10-15)7-4-5-12(9-13)6-8-14/h6,11,14-15H,3-5,7-10H2,1-2H3/b12-6+. The van der Waals surface area contributed by atoms with Crippen LogP contribution in [-0.4, -0.2) is 17.5 Å². The molecule has 2 heteroatoms. The van der Waals surface area contributed by atoms with E-state index in [4.69, 9.17) is 5.11 Å². The number of aliphatic hydroxyl groups is 1. The van der Waals surface area contributed by atoms with Crippen molar-refractivity contribution in [3.63, 3.8) is 0 Å². The third-order valence-electron chi connectivity index (χ3n) is 4.16. The van der Waals surface area contributed by atoms with Crippen LogP contribution >= 0.6 is 12.6 Å². The molecule has 1 rings (SSSR count). The molecule has 88 valence electrons. The average Bonchev–Trinajstić information content (AvgIpc) is 2.28. The topological polar surface area (TPSA) is 20.2 Å². The second-order valence-electron chi connectivity index (χ2n) is 4.87.